The average Bonchev–Trinajstić information content (AvgIpc) is 2.26. The highest BCUT2D eigenvalue weighted by molar-refractivity contribution is 5.75. The van der Waals surface area contributed by atoms with Crippen LogP contribution in [0.3, 0.4) is 0 Å². The quantitative estimate of drug-likeness (QED) is 0.713. The molecule has 17 heavy (non-hydrogen) atoms. The van der Waals surface area contributed by atoms with Gasteiger partial charge < -0.3 is 15.0 Å². The largest absolute Gasteiger partial charge is 0.381 e. The van der Waals surface area contributed by atoms with Crippen LogP contribution >= 0.6 is 0 Å². The van der Waals surface area contributed by atoms with E-state index in [9.17, 15) is 4.79 Å². The molecule has 0 saturated heterocycles. The van der Waals surface area contributed by atoms with E-state index in [2.05, 4.69) is 19.2 Å². The van der Waals surface area contributed by atoms with Crippen LogP contribution < -0.4 is 5.32 Å². The second kappa shape index (κ2) is 5.83. The first-order chi connectivity index (χ1) is 7.89. The minimum atomic E-state index is 0.203. The van der Waals surface area contributed by atoms with E-state index in [0.29, 0.717) is 18.6 Å². The topological polar surface area (TPSA) is 41.6 Å². The molecule has 0 radical (unpaired) electrons. The fourth-order valence-corrected chi connectivity index (χ4v) is 2.37. The fraction of sp³-hybridized carbons (Fsp3) is 0.923. The molecule has 1 amide bonds. The number of ether oxygens (including phenoxy) is 1. The standard InChI is InChI=1S/C13H26N2O2/c1-13(2)10(9-11(13)17-5)14-8-6-7-12(16)15(3)4/h10-11,14H,6-9H2,1-5H3. The van der Waals surface area contributed by atoms with Crippen LogP contribution in [0.15, 0.2) is 0 Å². The Bertz CT molecular complexity index is 264. The molecule has 0 aromatic carbocycles. The molecule has 0 bridgehead atoms. The first kappa shape index (κ1) is 14.5. The predicted octanol–water partition coefficient (Wildman–Crippen LogP) is 1.26. The van der Waals surface area contributed by atoms with Crippen molar-refractivity contribution in [2.75, 3.05) is 27.7 Å². The van der Waals surface area contributed by atoms with Gasteiger partial charge in [-0.1, -0.05) is 13.8 Å². The van der Waals surface area contributed by atoms with Gasteiger partial charge in [0.25, 0.3) is 0 Å². The normalized spacial score (nSPS) is 26.4. The lowest BCUT2D eigenvalue weighted by Crippen LogP contribution is -2.60. The Morgan fingerprint density at radius 1 is 1.47 bits per heavy atom. The van der Waals surface area contributed by atoms with Gasteiger partial charge in [-0.2, -0.15) is 0 Å². The SMILES string of the molecule is COC1CC(NCCCC(=O)N(C)C)C1(C)C. The van der Waals surface area contributed by atoms with Crippen molar-refractivity contribution in [3.63, 3.8) is 0 Å². The van der Waals surface area contributed by atoms with E-state index < -0.39 is 0 Å². The van der Waals surface area contributed by atoms with E-state index in [1.54, 1.807) is 26.1 Å². The summed E-state index contributed by atoms with van der Waals surface area (Å²) >= 11 is 0. The summed E-state index contributed by atoms with van der Waals surface area (Å²) in [5.74, 6) is 0.203. The van der Waals surface area contributed by atoms with Crippen molar-refractivity contribution >= 4 is 5.91 Å². The van der Waals surface area contributed by atoms with Crippen molar-refractivity contribution < 1.29 is 9.53 Å². The minimum absolute atomic E-state index is 0.203. The maximum absolute atomic E-state index is 11.4. The number of carbonyl (C=O) groups is 1. The Morgan fingerprint density at radius 2 is 2.12 bits per heavy atom. The Balaban J connectivity index is 2.15. The van der Waals surface area contributed by atoms with Gasteiger partial charge in [-0.05, 0) is 19.4 Å². The van der Waals surface area contributed by atoms with Crippen molar-refractivity contribution in [2.45, 2.75) is 45.3 Å². The van der Waals surface area contributed by atoms with Crippen LogP contribution in [0.2, 0.25) is 0 Å². The Labute approximate surface area is 105 Å². The van der Waals surface area contributed by atoms with E-state index in [0.717, 1.165) is 19.4 Å². The van der Waals surface area contributed by atoms with E-state index in [1.807, 2.05) is 0 Å². The molecule has 1 N–H and O–H groups in total. The van der Waals surface area contributed by atoms with Crippen molar-refractivity contribution in [1.29, 1.82) is 0 Å². The summed E-state index contributed by atoms with van der Waals surface area (Å²) in [6, 6.07) is 0.516. The van der Waals surface area contributed by atoms with E-state index in [1.165, 1.54) is 0 Å². The third-order valence-electron chi connectivity index (χ3n) is 3.92. The average molecular weight is 242 g/mol. The Morgan fingerprint density at radius 3 is 2.59 bits per heavy atom. The van der Waals surface area contributed by atoms with Crippen LogP contribution in [0.25, 0.3) is 0 Å². The first-order valence-electron chi connectivity index (χ1n) is 6.36. The molecule has 2 atom stereocenters. The predicted molar refractivity (Wildman–Crippen MR) is 68.9 cm³/mol. The highest BCUT2D eigenvalue weighted by Crippen LogP contribution is 2.42. The van der Waals surface area contributed by atoms with Gasteiger partial charge in [-0.25, -0.2) is 0 Å². The van der Waals surface area contributed by atoms with Crippen LogP contribution in [0.1, 0.15) is 33.1 Å². The van der Waals surface area contributed by atoms with Gasteiger partial charge in [0.1, 0.15) is 0 Å². The van der Waals surface area contributed by atoms with Crippen LogP contribution in [0.4, 0.5) is 0 Å². The summed E-state index contributed by atoms with van der Waals surface area (Å²) < 4.78 is 5.41. The molecule has 0 heterocycles. The molecule has 4 nitrogen and oxygen atoms in total. The molecule has 0 spiro atoms. The summed E-state index contributed by atoms with van der Waals surface area (Å²) in [6.07, 6.45) is 2.97. The maximum atomic E-state index is 11.4. The lowest BCUT2D eigenvalue weighted by Gasteiger charge is -2.51. The van der Waals surface area contributed by atoms with Crippen molar-refractivity contribution in [3.8, 4) is 0 Å². The molecular formula is C13H26N2O2. The van der Waals surface area contributed by atoms with Gasteiger partial charge in [0.15, 0.2) is 0 Å². The highest BCUT2D eigenvalue weighted by Gasteiger charge is 2.47. The molecule has 0 aromatic rings. The zero-order valence-corrected chi connectivity index (χ0v) is 11.7. The molecule has 1 rings (SSSR count). The maximum Gasteiger partial charge on any atom is 0.222 e. The summed E-state index contributed by atoms with van der Waals surface area (Å²) in [6.45, 7) is 5.37. The van der Waals surface area contributed by atoms with E-state index in [-0.39, 0.29) is 11.3 Å². The number of nitrogens with zero attached hydrogens (tertiary/aromatic N) is 1. The molecule has 1 saturated carbocycles. The van der Waals surface area contributed by atoms with Gasteiger partial charge in [0.2, 0.25) is 5.91 Å². The van der Waals surface area contributed by atoms with Crippen LogP contribution in [0, 0.1) is 5.41 Å². The first-order valence-corrected chi connectivity index (χ1v) is 6.36. The Kier molecular flexibility index (Phi) is 4.95. The number of rotatable bonds is 6. The molecule has 100 valence electrons. The molecule has 0 aromatic heterocycles. The molecule has 1 aliphatic carbocycles. The van der Waals surface area contributed by atoms with Crippen molar-refractivity contribution in [1.82, 2.24) is 10.2 Å². The zero-order chi connectivity index (χ0) is 13.1. The van der Waals surface area contributed by atoms with Crippen LogP contribution in [-0.2, 0) is 9.53 Å². The van der Waals surface area contributed by atoms with E-state index in [4.69, 9.17) is 4.74 Å². The highest BCUT2D eigenvalue weighted by atomic mass is 16.5. The monoisotopic (exact) mass is 242 g/mol. The number of hydrogen-bond acceptors (Lipinski definition) is 3. The van der Waals surface area contributed by atoms with Gasteiger partial charge in [0, 0.05) is 39.1 Å². The number of nitrogens with one attached hydrogen (secondary N) is 1. The second-order valence-electron chi connectivity index (χ2n) is 5.68. The number of carbonyl (C=O) groups excluding carboxylic acids is 1. The van der Waals surface area contributed by atoms with Crippen LogP contribution in [-0.4, -0.2) is 50.7 Å². The fourth-order valence-electron chi connectivity index (χ4n) is 2.37. The molecule has 0 aliphatic heterocycles. The zero-order valence-electron chi connectivity index (χ0n) is 11.7. The molecule has 4 heteroatoms. The molecular weight excluding hydrogens is 216 g/mol. The lowest BCUT2D eigenvalue weighted by molar-refractivity contribution is -0.128. The summed E-state index contributed by atoms with van der Waals surface area (Å²) in [5, 5.41) is 3.52. The molecule has 1 fully saturated rings. The van der Waals surface area contributed by atoms with Gasteiger partial charge >= 0.3 is 0 Å². The van der Waals surface area contributed by atoms with E-state index >= 15 is 0 Å². The third-order valence-corrected chi connectivity index (χ3v) is 3.92. The molecule has 2 unspecified atom stereocenters. The summed E-state index contributed by atoms with van der Waals surface area (Å²) in [4.78, 5) is 13.0. The van der Waals surface area contributed by atoms with Crippen LogP contribution in [0.5, 0.6) is 0 Å². The number of hydrogen-bond donors (Lipinski definition) is 1. The van der Waals surface area contributed by atoms with Gasteiger partial charge in [-0.3, -0.25) is 4.79 Å². The van der Waals surface area contributed by atoms with Gasteiger partial charge in [-0.15, -0.1) is 0 Å². The summed E-state index contributed by atoms with van der Waals surface area (Å²) in [7, 11) is 5.38. The van der Waals surface area contributed by atoms with Crippen molar-refractivity contribution in [2.24, 2.45) is 5.41 Å². The third kappa shape index (κ3) is 3.42. The smallest absolute Gasteiger partial charge is 0.222 e. The minimum Gasteiger partial charge on any atom is -0.381 e. The number of amides is 1. The van der Waals surface area contributed by atoms with Gasteiger partial charge in [0.05, 0.1) is 6.10 Å². The molecule has 1 aliphatic rings. The second-order valence-corrected chi connectivity index (χ2v) is 5.68. The Hall–Kier alpha value is -0.610. The summed E-state index contributed by atoms with van der Waals surface area (Å²) in [5.41, 5.74) is 0.209. The van der Waals surface area contributed by atoms with Crippen molar-refractivity contribution in [3.05, 3.63) is 0 Å². The lowest BCUT2D eigenvalue weighted by atomic mass is 9.64. The number of methoxy groups -OCH3 is 1.